The highest BCUT2D eigenvalue weighted by Gasteiger charge is 2.31. The number of halogens is 3. The molecule has 4 heteroatoms. The average Bonchev–Trinajstić information content (AvgIpc) is 2.47. The molecule has 0 atom stereocenters. The van der Waals surface area contributed by atoms with Crippen LogP contribution in [-0.2, 0) is 6.42 Å². The highest BCUT2D eigenvalue weighted by molar-refractivity contribution is 5.27. The maximum Gasteiger partial charge on any atom is 0.573 e. The summed E-state index contributed by atoms with van der Waals surface area (Å²) in [5.74, 6) is 1.42. The van der Waals surface area contributed by atoms with E-state index in [4.69, 9.17) is 0 Å². The Kier molecular flexibility index (Phi) is 6.16. The van der Waals surface area contributed by atoms with Gasteiger partial charge in [0, 0.05) is 0 Å². The zero-order chi connectivity index (χ0) is 16.0. The van der Waals surface area contributed by atoms with Crippen LogP contribution < -0.4 is 4.74 Å². The van der Waals surface area contributed by atoms with Crippen molar-refractivity contribution in [3.8, 4) is 5.75 Å². The van der Waals surface area contributed by atoms with E-state index in [-0.39, 0.29) is 5.75 Å². The van der Waals surface area contributed by atoms with Crippen molar-refractivity contribution in [3.05, 3.63) is 29.8 Å². The van der Waals surface area contributed by atoms with Gasteiger partial charge in [-0.25, -0.2) is 0 Å². The summed E-state index contributed by atoms with van der Waals surface area (Å²) in [6.07, 6.45) is 5.41. The summed E-state index contributed by atoms with van der Waals surface area (Å²) in [7, 11) is 0. The molecule has 1 fully saturated rings. The van der Waals surface area contributed by atoms with E-state index in [9.17, 15) is 13.2 Å². The van der Waals surface area contributed by atoms with Crippen molar-refractivity contribution in [1.29, 1.82) is 0 Å². The van der Waals surface area contributed by atoms with E-state index >= 15 is 0 Å². The quantitative estimate of drug-likeness (QED) is 0.614. The fourth-order valence-electron chi connectivity index (χ4n) is 3.38. The van der Waals surface area contributed by atoms with Gasteiger partial charge in [-0.1, -0.05) is 51.2 Å². The number of alkyl halides is 3. The van der Waals surface area contributed by atoms with E-state index in [0.29, 0.717) is 5.92 Å². The zero-order valence-corrected chi connectivity index (χ0v) is 13.2. The van der Waals surface area contributed by atoms with E-state index in [0.717, 1.165) is 17.9 Å². The van der Waals surface area contributed by atoms with Crippen LogP contribution in [0.3, 0.4) is 0 Å². The molecule has 0 amide bonds. The van der Waals surface area contributed by atoms with Gasteiger partial charge in [0.1, 0.15) is 5.75 Å². The molecule has 124 valence electrons. The minimum absolute atomic E-state index is 0.139. The maximum absolute atomic E-state index is 12.1. The van der Waals surface area contributed by atoms with E-state index in [1.165, 1.54) is 57.1 Å². The smallest absolute Gasteiger partial charge is 0.406 e. The Hall–Kier alpha value is -1.19. The van der Waals surface area contributed by atoms with Crippen molar-refractivity contribution in [2.24, 2.45) is 11.8 Å². The lowest BCUT2D eigenvalue weighted by atomic mass is 9.77. The van der Waals surface area contributed by atoms with Gasteiger partial charge >= 0.3 is 6.36 Å². The Morgan fingerprint density at radius 1 is 1.00 bits per heavy atom. The minimum Gasteiger partial charge on any atom is -0.406 e. The maximum atomic E-state index is 12.1. The molecule has 2 rings (SSSR count). The Labute approximate surface area is 130 Å². The molecular formula is C18H25F3O. The molecule has 0 radical (unpaired) electrons. The summed E-state index contributed by atoms with van der Waals surface area (Å²) in [5.41, 5.74) is 1.10. The van der Waals surface area contributed by atoms with Gasteiger partial charge in [-0.3, -0.25) is 0 Å². The molecule has 1 aliphatic rings. The average molecular weight is 314 g/mol. The van der Waals surface area contributed by atoms with Crippen molar-refractivity contribution >= 4 is 0 Å². The predicted molar refractivity (Wildman–Crippen MR) is 81.8 cm³/mol. The van der Waals surface area contributed by atoms with Gasteiger partial charge in [0.2, 0.25) is 0 Å². The van der Waals surface area contributed by atoms with Crippen LogP contribution in [0.4, 0.5) is 13.2 Å². The van der Waals surface area contributed by atoms with E-state index in [2.05, 4.69) is 11.7 Å². The first-order valence-corrected chi connectivity index (χ1v) is 8.31. The molecule has 0 unspecified atom stereocenters. The lowest BCUT2D eigenvalue weighted by molar-refractivity contribution is -0.274. The summed E-state index contributed by atoms with van der Waals surface area (Å²) in [6, 6.07) is 6.33. The van der Waals surface area contributed by atoms with Gasteiger partial charge in [-0.15, -0.1) is 13.2 Å². The van der Waals surface area contributed by atoms with E-state index < -0.39 is 6.36 Å². The Morgan fingerprint density at radius 3 is 2.14 bits per heavy atom. The van der Waals surface area contributed by atoms with Crippen LogP contribution >= 0.6 is 0 Å². The number of unbranched alkanes of at least 4 members (excludes halogenated alkanes) is 1. The van der Waals surface area contributed by atoms with Crippen LogP contribution in [0.5, 0.6) is 5.75 Å². The number of benzene rings is 1. The number of hydrogen-bond donors (Lipinski definition) is 0. The van der Waals surface area contributed by atoms with Crippen LogP contribution in [0.15, 0.2) is 24.3 Å². The van der Waals surface area contributed by atoms with Gasteiger partial charge < -0.3 is 4.74 Å². The summed E-state index contributed by atoms with van der Waals surface area (Å²) in [5, 5.41) is 0. The predicted octanol–water partition coefficient (Wildman–Crippen LogP) is 6.12. The number of ether oxygens (including phenoxy) is 1. The first kappa shape index (κ1) is 17.2. The third-order valence-electron chi connectivity index (χ3n) is 4.61. The van der Waals surface area contributed by atoms with Gasteiger partial charge in [0.15, 0.2) is 0 Å². The number of rotatable bonds is 6. The number of hydrogen-bond acceptors (Lipinski definition) is 1. The Bertz CT molecular complexity index is 431. The normalized spacial score (nSPS) is 22.5. The molecule has 0 heterocycles. The van der Waals surface area contributed by atoms with Crippen molar-refractivity contribution in [2.75, 3.05) is 0 Å². The van der Waals surface area contributed by atoms with Gasteiger partial charge in [-0.05, 0) is 48.8 Å². The molecule has 1 aromatic rings. The van der Waals surface area contributed by atoms with E-state index in [1.54, 1.807) is 12.1 Å². The van der Waals surface area contributed by atoms with Crippen molar-refractivity contribution in [2.45, 2.75) is 64.7 Å². The molecule has 0 spiro atoms. The zero-order valence-electron chi connectivity index (χ0n) is 13.2. The molecule has 1 saturated carbocycles. The van der Waals surface area contributed by atoms with Gasteiger partial charge in [0.25, 0.3) is 0 Å². The third-order valence-corrected chi connectivity index (χ3v) is 4.61. The van der Waals surface area contributed by atoms with Crippen LogP contribution in [0.25, 0.3) is 0 Å². The third kappa shape index (κ3) is 5.90. The standard InChI is InChI=1S/C18H25F3O/c1-2-3-4-14-5-7-15(8-6-14)13-16-9-11-17(12-10-16)22-18(19,20)21/h9-12,14-15H,2-8,13H2,1H3. The summed E-state index contributed by atoms with van der Waals surface area (Å²) in [6.45, 7) is 2.23. The highest BCUT2D eigenvalue weighted by Crippen LogP contribution is 2.34. The summed E-state index contributed by atoms with van der Waals surface area (Å²) in [4.78, 5) is 0. The summed E-state index contributed by atoms with van der Waals surface area (Å²) >= 11 is 0. The van der Waals surface area contributed by atoms with Crippen LogP contribution in [-0.4, -0.2) is 6.36 Å². The van der Waals surface area contributed by atoms with Crippen molar-refractivity contribution in [1.82, 2.24) is 0 Å². The Balaban J connectivity index is 1.77. The van der Waals surface area contributed by atoms with Crippen LogP contribution in [0.2, 0.25) is 0 Å². The second-order valence-corrected chi connectivity index (χ2v) is 6.42. The minimum atomic E-state index is -4.61. The molecule has 22 heavy (non-hydrogen) atoms. The lowest BCUT2D eigenvalue weighted by Gasteiger charge is -2.28. The topological polar surface area (TPSA) is 9.23 Å². The summed E-state index contributed by atoms with van der Waals surface area (Å²) < 4.78 is 40.3. The Morgan fingerprint density at radius 2 is 1.59 bits per heavy atom. The lowest BCUT2D eigenvalue weighted by Crippen LogP contribution is -2.17. The molecule has 0 aliphatic heterocycles. The second kappa shape index (κ2) is 7.89. The van der Waals surface area contributed by atoms with Crippen molar-refractivity contribution < 1.29 is 17.9 Å². The fourth-order valence-corrected chi connectivity index (χ4v) is 3.38. The molecule has 0 bridgehead atoms. The first-order valence-electron chi connectivity index (χ1n) is 8.31. The van der Waals surface area contributed by atoms with Crippen LogP contribution in [0, 0.1) is 11.8 Å². The fraction of sp³-hybridized carbons (Fsp3) is 0.667. The van der Waals surface area contributed by atoms with E-state index in [1.807, 2.05) is 0 Å². The molecule has 0 N–H and O–H groups in total. The molecule has 0 aromatic heterocycles. The first-order chi connectivity index (χ1) is 10.5. The largest absolute Gasteiger partial charge is 0.573 e. The second-order valence-electron chi connectivity index (χ2n) is 6.42. The SMILES string of the molecule is CCCCC1CCC(Cc2ccc(OC(F)(F)F)cc2)CC1. The highest BCUT2D eigenvalue weighted by atomic mass is 19.4. The molecule has 1 aromatic carbocycles. The van der Waals surface area contributed by atoms with Crippen LogP contribution in [0.1, 0.15) is 57.4 Å². The molecule has 1 nitrogen and oxygen atoms in total. The van der Waals surface area contributed by atoms with Crippen molar-refractivity contribution in [3.63, 3.8) is 0 Å². The molecular weight excluding hydrogens is 289 g/mol. The monoisotopic (exact) mass is 314 g/mol. The molecule has 1 aliphatic carbocycles. The molecule has 0 saturated heterocycles. The van der Waals surface area contributed by atoms with Gasteiger partial charge in [-0.2, -0.15) is 0 Å². The van der Waals surface area contributed by atoms with Gasteiger partial charge in [0.05, 0.1) is 0 Å².